The molecule has 3 heteroatoms. The molecule has 0 saturated heterocycles. The lowest BCUT2D eigenvalue weighted by molar-refractivity contribution is -0.159. The summed E-state index contributed by atoms with van der Waals surface area (Å²) in [5, 5.41) is 0. The van der Waals surface area contributed by atoms with E-state index >= 15 is 0 Å². The van der Waals surface area contributed by atoms with Gasteiger partial charge in [-0.15, -0.1) is 0 Å². The Hall–Kier alpha value is 0.686. The molecule has 0 bridgehead atoms. The molecule has 0 radical (unpaired) electrons. The number of ether oxygens (including phenoxy) is 2. The minimum absolute atomic E-state index is 0. The molecule has 0 aromatic carbocycles. The highest BCUT2D eigenvalue weighted by molar-refractivity contribution is 5.75. The first-order valence-electron chi connectivity index (χ1n) is 14.7. The van der Waals surface area contributed by atoms with Gasteiger partial charge in [0.05, 0.1) is 22.4 Å². The molecule has 35 heavy (non-hydrogen) atoms. The van der Waals surface area contributed by atoms with Gasteiger partial charge in [0.1, 0.15) is 0 Å². The summed E-state index contributed by atoms with van der Waals surface area (Å²) in [7, 11) is 0. The third-order valence-electron chi connectivity index (χ3n) is 7.34. The monoisotopic (exact) mass is 511 g/mol. The predicted octanol–water partition coefficient (Wildman–Crippen LogP) is 9.95. The van der Waals surface area contributed by atoms with Gasteiger partial charge in [0.2, 0.25) is 0 Å². The smallest absolute Gasteiger partial charge is 0.316 e. The van der Waals surface area contributed by atoms with Crippen molar-refractivity contribution in [3.63, 3.8) is 0 Å². The van der Waals surface area contributed by atoms with Crippen molar-refractivity contribution in [1.29, 1.82) is 0 Å². The molecule has 212 valence electrons. The lowest BCUT2D eigenvalue weighted by atomic mass is 9.87. The summed E-state index contributed by atoms with van der Waals surface area (Å²) >= 11 is 0. The first-order chi connectivity index (χ1) is 15.3. The van der Waals surface area contributed by atoms with Crippen LogP contribution in [0.1, 0.15) is 162 Å². The Kier molecular flexibility index (Phi) is 20.7. The molecule has 0 spiro atoms. The van der Waals surface area contributed by atoms with Crippen molar-refractivity contribution < 1.29 is 9.47 Å². The minimum Gasteiger partial charge on any atom is -0.369 e. The van der Waals surface area contributed by atoms with E-state index in [0.717, 1.165) is 51.4 Å². The quantitative estimate of drug-likeness (QED) is 0.192. The second-order valence-electron chi connectivity index (χ2n) is 13.8. The van der Waals surface area contributed by atoms with E-state index in [4.69, 9.17) is 9.47 Å². The lowest BCUT2D eigenvalue weighted by Crippen LogP contribution is -2.42. The molecular weight excluding hydrogens is 441 g/mol. The molecule has 0 saturated carbocycles. The van der Waals surface area contributed by atoms with Crippen molar-refractivity contribution in [3.8, 4) is 0 Å². The summed E-state index contributed by atoms with van der Waals surface area (Å²) in [6.45, 7) is 36.3. The zero-order chi connectivity index (χ0) is 27.4. The van der Waals surface area contributed by atoms with Crippen molar-refractivity contribution in [1.82, 2.24) is 0 Å². The zero-order valence-electron chi connectivity index (χ0n) is 26.8. The van der Waals surface area contributed by atoms with E-state index in [2.05, 4.69) is 111 Å². The molecule has 4 atom stereocenters. The topological polar surface area (TPSA) is 18.5 Å². The van der Waals surface area contributed by atoms with Gasteiger partial charge in [-0.2, -0.15) is 0 Å². The second kappa shape index (κ2) is 18.1. The summed E-state index contributed by atoms with van der Waals surface area (Å²) < 4.78 is 13.1. The maximum Gasteiger partial charge on any atom is 0.316 e. The third kappa shape index (κ3) is 18.6. The average molecular weight is 511 g/mol. The normalized spacial score (nSPS) is 18.9. The van der Waals surface area contributed by atoms with Gasteiger partial charge in [-0.25, -0.2) is 0 Å². The Labute approximate surface area is 240 Å². The van der Waals surface area contributed by atoms with E-state index in [1.807, 2.05) is 0 Å². The first-order valence-corrected chi connectivity index (χ1v) is 14.7. The van der Waals surface area contributed by atoms with E-state index in [1.54, 1.807) is 0 Å². The molecule has 0 amide bonds. The zero-order valence-corrected chi connectivity index (χ0v) is 26.8. The Balaban J connectivity index is -0.000000569. The fourth-order valence-electron chi connectivity index (χ4n) is 5.68. The van der Waals surface area contributed by atoms with Crippen molar-refractivity contribution in [3.05, 3.63) is 0 Å². The van der Waals surface area contributed by atoms with Crippen molar-refractivity contribution in [2.45, 2.75) is 185 Å². The van der Waals surface area contributed by atoms with Gasteiger partial charge in [0.15, 0.2) is 0 Å². The van der Waals surface area contributed by atoms with Crippen LogP contribution in [0, 0.1) is 23.7 Å². The Morgan fingerprint density at radius 2 is 0.543 bits per heavy atom. The van der Waals surface area contributed by atoms with Crippen LogP contribution in [0.3, 0.4) is 0 Å². The largest absolute Gasteiger partial charge is 0.369 e. The van der Waals surface area contributed by atoms with Crippen molar-refractivity contribution >= 4 is 23.1 Å². The van der Waals surface area contributed by atoms with E-state index in [9.17, 15) is 0 Å². The van der Waals surface area contributed by atoms with Gasteiger partial charge in [0, 0.05) is 0 Å². The number of rotatable bonds is 16. The molecule has 0 aromatic rings. The summed E-state index contributed by atoms with van der Waals surface area (Å²) in [5.74, 6) is 2.78. The van der Waals surface area contributed by atoms with E-state index in [-0.39, 0.29) is 45.5 Å². The molecule has 0 aromatic heterocycles. The molecule has 2 nitrogen and oxygen atoms in total. The van der Waals surface area contributed by atoms with Crippen LogP contribution < -0.4 is 0 Å². The second-order valence-corrected chi connectivity index (χ2v) is 13.8. The molecule has 0 heterocycles. The molecular formula is C32H70MgO2. The summed E-state index contributed by atoms with van der Waals surface area (Å²) in [5.41, 5.74) is 0.142. The maximum absolute atomic E-state index is 6.55. The van der Waals surface area contributed by atoms with Crippen molar-refractivity contribution in [2.75, 3.05) is 0 Å². The predicted molar refractivity (Wildman–Crippen MR) is 163 cm³/mol. The first kappa shape index (κ1) is 40.2. The highest BCUT2D eigenvalue weighted by Crippen LogP contribution is 2.36. The fraction of sp³-hybridized carbons (Fsp3) is 1.00. The van der Waals surface area contributed by atoms with Gasteiger partial charge in [-0.05, 0) is 103 Å². The van der Waals surface area contributed by atoms with Crippen LogP contribution >= 0.6 is 0 Å². The van der Waals surface area contributed by atoms with E-state index < -0.39 is 0 Å². The summed E-state index contributed by atoms with van der Waals surface area (Å²) in [4.78, 5) is 0. The van der Waals surface area contributed by atoms with Gasteiger partial charge < -0.3 is 9.47 Å². The highest BCUT2D eigenvalue weighted by Gasteiger charge is 2.35. The van der Waals surface area contributed by atoms with Gasteiger partial charge >= 0.3 is 23.1 Å². The van der Waals surface area contributed by atoms with Crippen LogP contribution in [-0.4, -0.2) is 45.5 Å². The van der Waals surface area contributed by atoms with Crippen LogP contribution in [0.4, 0.5) is 0 Å². The molecule has 0 fully saturated rings. The summed E-state index contributed by atoms with van der Waals surface area (Å²) in [6, 6.07) is 0. The Morgan fingerprint density at radius 1 is 0.400 bits per heavy atom. The lowest BCUT2D eigenvalue weighted by Gasteiger charge is -2.41. The SMILES string of the molecule is CCC(C)(CC(C)C)OC(C)(CC)CC(C)C.CCC(C)(CC(C)C)OC(C)(CC)CC(C)C.[MgH2]. The standard InChI is InChI=1S/2C16H34O.Mg.2H/c2*1-9-15(7,11-13(3)4)17-16(8,10-2)12-14(5)6;;;/h2*13-14H,9-12H2,1-8H3;;;. The number of hydrogen-bond donors (Lipinski definition) is 0. The molecule has 0 rings (SSSR count). The summed E-state index contributed by atoms with van der Waals surface area (Å²) in [6.07, 6.45) is 8.98. The fourth-order valence-corrected chi connectivity index (χ4v) is 5.68. The van der Waals surface area contributed by atoms with E-state index in [1.165, 1.54) is 0 Å². The Morgan fingerprint density at radius 3 is 0.629 bits per heavy atom. The molecule has 4 unspecified atom stereocenters. The third-order valence-corrected chi connectivity index (χ3v) is 7.34. The van der Waals surface area contributed by atoms with Gasteiger partial charge in [0.25, 0.3) is 0 Å². The average Bonchev–Trinajstić information content (AvgIpc) is 2.65. The molecule has 0 aliphatic heterocycles. The van der Waals surface area contributed by atoms with Crippen molar-refractivity contribution in [2.24, 2.45) is 23.7 Å². The van der Waals surface area contributed by atoms with E-state index in [0.29, 0.717) is 23.7 Å². The molecule has 0 N–H and O–H groups in total. The Bertz CT molecular complexity index is 428. The van der Waals surface area contributed by atoms with Crippen LogP contribution in [0.15, 0.2) is 0 Å². The maximum atomic E-state index is 6.55. The molecule has 0 aliphatic rings. The van der Waals surface area contributed by atoms with Gasteiger partial charge in [-0.3, -0.25) is 0 Å². The van der Waals surface area contributed by atoms with Crippen LogP contribution in [0.5, 0.6) is 0 Å². The van der Waals surface area contributed by atoms with Gasteiger partial charge in [-0.1, -0.05) is 83.1 Å². The highest BCUT2D eigenvalue weighted by atomic mass is 24.3. The number of hydrogen-bond acceptors (Lipinski definition) is 2. The van der Waals surface area contributed by atoms with Crippen LogP contribution in [0.2, 0.25) is 0 Å². The van der Waals surface area contributed by atoms with Crippen LogP contribution in [0.25, 0.3) is 0 Å². The van der Waals surface area contributed by atoms with Crippen LogP contribution in [-0.2, 0) is 9.47 Å². The minimum atomic E-state index is 0. The molecule has 0 aliphatic carbocycles.